The van der Waals surface area contributed by atoms with E-state index in [1.807, 2.05) is 0 Å². The van der Waals surface area contributed by atoms with E-state index in [0.717, 1.165) is 30.3 Å². The molecule has 0 N–H and O–H groups in total. The molecule has 0 aliphatic heterocycles. The average Bonchev–Trinajstić information content (AvgIpc) is 2.62. The van der Waals surface area contributed by atoms with Gasteiger partial charge in [0.05, 0.1) is 4.92 Å². The van der Waals surface area contributed by atoms with Gasteiger partial charge in [-0.05, 0) is 36.4 Å². The highest BCUT2D eigenvalue weighted by Gasteiger charge is 2.18. The molecule has 0 fully saturated rings. The lowest BCUT2D eigenvalue weighted by atomic mass is 10.0. The zero-order chi connectivity index (χ0) is 19.6. The molecule has 0 radical (unpaired) electrons. The first kappa shape index (κ1) is 18.1. The Morgan fingerprint density at radius 2 is 1.56 bits per heavy atom. The van der Waals surface area contributed by atoms with E-state index in [1.165, 1.54) is 18.2 Å². The molecule has 0 unspecified atom stereocenters. The van der Waals surface area contributed by atoms with Crippen LogP contribution in [-0.2, 0) is 0 Å². The molecule has 0 saturated carbocycles. The number of carbonyl (C=O) groups excluding carboxylic acids is 1. The summed E-state index contributed by atoms with van der Waals surface area (Å²) in [6, 6.07) is 9.61. The van der Waals surface area contributed by atoms with Gasteiger partial charge in [0.1, 0.15) is 29.5 Å². The van der Waals surface area contributed by atoms with Crippen molar-refractivity contribution >= 4 is 12.0 Å². The highest BCUT2D eigenvalue weighted by molar-refractivity contribution is 5.77. The minimum absolute atomic E-state index is 0.0927. The SMILES string of the molecule is O=Cc1ccc([N+](=O)[O-])c(Oc2ccc(-c3ccc(F)cc3F)c(F)c2)c1. The van der Waals surface area contributed by atoms with Crippen molar-refractivity contribution in [2.45, 2.75) is 0 Å². The highest BCUT2D eigenvalue weighted by Crippen LogP contribution is 2.34. The number of nitrogens with zero attached hydrogens (tertiary/aromatic N) is 1. The Hall–Kier alpha value is -3.68. The normalized spacial score (nSPS) is 10.5. The Balaban J connectivity index is 1.97. The van der Waals surface area contributed by atoms with Gasteiger partial charge in [-0.15, -0.1) is 0 Å². The summed E-state index contributed by atoms with van der Waals surface area (Å²) in [7, 11) is 0. The summed E-state index contributed by atoms with van der Waals surface area (Å²) in [5.41, 5.74) is -0.541. The van der Waals surface area contributed by atoms with Crippen molar-refractivity contribution in [2.75, 3.05) is 0 Å². The summed E-state index contributed by atoms with van der Waals surface area (Å²) < 4.78 is 46.6. The molecule has 5 nitrogen and oxygen atoms in total. The van der Waals surface area contributed by atoms with Gasteiger partial charge in [-0.25, -0.2) is 13.2 Å². The second kappa shape index (κ2) is 7.28. The molecule has 0 aliphatic rings. The molecule has 0 spiro atoms. The molecule has 3 aromatic carbocycles. The fourth-order valence-electron chi connectivity index (χ4n) is 2.45. The van der Waals surface area contributed by atoms with E-state index in [1.54, 1.807) is 0 Å². The van der Waals surface area contributed by atoms with Gasteiger partial charge in [-0.3, -0.25) is 14.9 Å². The minimum Gasteiger partial charge on any atom is -0.450 e. The van der Waals surface area contributed by atoms with Gasteiger partial charge < -0.3 is 4.74 Å². The van der Waals surface area contributed by atoms with Gasteiger partial charge in [0.25, 0.3) is 0 Å². The number of nitro groups is 1. The van der Waals surface area contributed by atoms with Crippen LogP contribution in [0.3, 0.4) is 0 Å². The summed E-state index contributed by atoms with van der Waals surface area (Å²) in [5.74, 6) is -2.93. The van der Waals surface area contributed by atoms with Crippen LogP contribution in [0.15, 0.2) is 54.6 Å². The van der Waals surface area contributed by atoms with Crippen molar-refractivity contribution in [3.63, 3.8) is 0 Å². The van der Waals surface area contributed by atoms with E-state index < -0.39 is 28.1 Å². The number of benzene rings is 3. The van der Waals surface area contributed by atoms with Crippen LogP contribution >= 0.6 is 0 Å². The largest absolute Gasteiger partial charge is 0.450 e. The molecule has 3 aromatic rings. The summed E-state index contributed by atoms with van der Waals surface area (Å²) in [6.07, 6.45) is 0.484. The second-order valence-corrected chi connectivity index (χ2v) is 5.47. The van der Waals surface area contributed by atoms with Crippen LogP contribution in [-0.4, -0.2) is 11.2 Å². The third-order valence-electron chi connectivity index (χ3n) is 3.71. The van der Waals surface area contributed by atoms with Crippen LogP contribution in [0.25, 0.3) is 11.1 Å². The number of hydrogen-bond acceptors (Lipinski definition) is 4. The maximum Gasteiger partial charge on any atom is 0.311 e. The Kier molecular flexibility index (Phi) is 4.89. The maximum atomic E-state index is 14.4. The summed E-state index contributed by atoms with van der Waals surface area (Å²) in [6.45, 7) is 0. The molecule has 0 heterocycles. The van der Waals surface area contributed by atoms with Crippen LogP contribution < -0.4 is 4.74 Å². The van der Waals surface area contributed by atoms with Gasteiger partial charge in [-0.1, -0.05) is 0 Å². The molecule has 0 bridgehead atoms. The Bertz CT molecular complexity index is 1050. The van der Waals surface area contributed by atoms with E-state index in [2.05, 4.69) is 0 Å². The van der Waals surface area contributed by atoms with Gasteiger partial charge in [0.15, 0.2) is 0 Å². The lowest BCUT2D eigenvalue weighted by Gasteiger charge is -2.10. The standard InChI is InChI=1S/C19H10F3NO4/c20-12-2-4-14(16(21)8-12)15-5-3-13(9-17(15)22)27-19-7-11(10-24)1-6-18(19)23(25)26/h1-10H. The molecule has 3 rings (SSSR count). The van der Waals surface area contributed by atoms with Crippen molar-refractivity contribution < 1.29 is 27.6 Å². The van der Waals surface area contributed by atoms with E-state index in [-0.39, 0.29) is 28.2 Å². The molecule has 27 heavy (non-hydrogen) atoms. The average molecular weight is 373 g/mol. The molecule has 0 aromatic heterocycles. The number of halogens is 3. The van der Waals surface area contributed by atoms with Gasteiger partial charge in [0.2, 0.25) is 5.75 Å². The second-order valence-electron chi connectivity index (χ2n) is 5.47. The monoisotopic (exact) mass is 373 g/mol. The zero-order valence-corrected chi connectivity index (χ0v) is 13.5. The molecule has 0 amide bonds. The quantitative estimate of drug-likeness (QED) is 0.346. The van der Waals surface area contributed by atoms with Gasteiger partial charge in [-0.2, -0.15) is 0 Å². The predicted molar refractivity (Wildman–Crippen MR) is 90.3 cm³/mol. The van der Waals surface area contributed by atoms with Crippen molar-refractivity contribution in [3.05, 3.63) is 87.7 Å². The van der Waals surface area contributed by atoms with Crippen LogP contribution in [0, 0.1) is 27.6 Å². The Morgan fingerprint density at radius 3 is 2.15 bits per heavy atom. The van der Waals surface area contributed by atoms with Crippen LogP contribution in [0.2, 0.25) is 0 Å². The lowest BCUT2D eigenvalue weighted by molar-refractivity contribution is -0.385. The number of ether oxygens (including phenoxy) is 1. The van der Waals surface area contributed by atoms with Crippen molar-refractivity contribution in [1.29, 1.82) is 0 Å². The summed E-state index contributed by atoms with van der Waals surface area (Å²) >= 11 is 0. The Morgan fingerprint density at radius 1 is 0.889 bits per heavy atom. The van der Waals surface area contributed by atoms with Crippen molar-refractivity contribution in [2.24, 2.45) is 0 Å². The number of nitro benzene ring substituents is 1. The maximum absolute atomic E-state index is 14.4. The van der Waals surface area contributed by atoms with Gasteiger partial charge >= 0.3 is 5.69 Å². The predicted octanol–water partition coefficient (Wildman–Crippen LogP) is 5.28. The van der Waals surface area contributed by atoms with Crippen molar-refractivity contribution in [3.8, 4) is 22.6 Å². The van der Waals surface area contributed by atoms with Gasteiger partial charge in [0, 0.05) is 34.9 Å². The number of aldehydes is 1. The van der Waals surface area contributed by atoms with Crippen LogP contribution in [0.1, 0.15) is 10.4 Å². The lowest BCUT2D eigenvalue weighted by Crippen LogP contribution is -1.96. The van der Waals surface area contributed by atoms with E-state index in [9.17, 15) is 28.1 Å². The molecule has 8 heteroatoms. The number of rotatable bonds is 5. The highest BCUT2D eigenvalue weighted by atomic mass is 19.1. The zero-order valence-electron chi connectivity index (χ0n) is 13.5. The van der Waals surface area contributed by atoms with Crippen LogP contribution in [0.5, 0.6) is 11.5 Å². The summed E-state index contributed by atoms with van der Waals surface area (Å²) in [4.78, 5) is 21.2. The molecule has 0 saturated heterocycles. The fraction of sp³-hybridized carbons (Fsp3) is 0. The topological polar surface area (TPSA) is 69.4 Å². The van der Waals surface area contributed by atoms with E-state index in [4.69, 9.17) is 4.74 Å². The first-order valence-corrected chi connectivity index (χ1v) is 7.55. The molecule has 0 aliphatic carbocycles. The first-order valence-electron chi connectivity index (χ1n) is 7.55. The molecule has 0 atom stereocenters. The fourth-order valence-corrected chi connectivity index (χ4v) is 2.45. The number of hydrogen-bond donors (Lipinski definition) is 0. The van der Waals surface area contributed by atoms with Crippen molar-refractivity contribution in [1.82, 2.24) is 0 Å². The molecular formula is C19H10F3NO4. The number of carbonyl (C=O) groups is 1. The smallest absolute Gasteiger partial charge is 0.311 e. The third kappa shape index (κ3) is 3.79. The van der Waals surface area contributed by atoms with Crippen LogP contribution in [0.4, 0.5) is 18.9 Å². The minimum atomic E-state index is -0.933. The summed E-state index contributed by atoms with van der Waals surface area (Å²) in [5, 5.41) is 11.1. The third-order valence-corrected chi connectivity index (χ3v) is 3.71. The van der Waals surface area contributed by atoms with E-state index in [0.29, 0.717) is 12.4 Å². The molecular weight excluding hydrogens is 363 g/mol. The molecule has 136 valence electrons. The first-order chi connectivity index (χ1) is 12.9. The van der Waals surface area contributed by atoms with E-state index >= 15 is 0 Å². The Labute approximate surface area is 150 Å².